The van der Waals surface area contributed by atoms with Crippen LogP contribution in [-0.2, 0) is 127 Å². The molecule has 0 radical (unpaired) electrons. The normalized spacial score (nSPS) is 13.1. The van der Waals surface area contributed by atoms with Crippen molar-refractivity contribution in [3.63, 3.8) is 0 Å². The van der Waals surface area contributed by atoms with Gasteiger partial charge in [-0.25, -0.2) is 0 Å². The van der Waals surface area contributed by atoms with Gasteiger partial charge in [-0.1, -0.05) is 121 Å². The van der Waals surface area contributed by atoms with E-state index < -0.39 is 43.2 Å². The van der Waals surface area contributed by atoms with E-state index in [2.05, 4.69) is 24.3 Å². The first-order valence-corrected chi connectivity index (χ1v) is 32.9. The fourth-order valence-electron chi connectivity index (χ4n) is 7.75. The summed E-state index contributed by atoms with van der Waals surface area (Å²) in [6, 6.07) is 81.1. The minimum atomic E-state index is -0.423. The number of benzene rings is 8. The molecule has 8 aromatic carbocycles. The van der Waals surface area contributed by atoms with Gasteiger partial charge in [0.1, 0.15) is 0 Å². The first-order valence-electron chi connectivity index (χ1n) is 26.9. The molecule has 4 aliphatic rings. The van der Waals surface area contributed by atoms with Crippen molar-refractivity contribution in [2.24, 2.45) is 0 Å². The van der Waals surface area contributed by atoms with Crippen LogP contribution in [0, 0.1) is 45.9 Å². The van der Waals surface area contributed by atoms with Gasteiger partial charge >= 0.3 is 84.3 Å². The Balaban J connectivity index is -0.000000463. The van der Waals surface area contributed by atoms with Crippen molar-refractivity contribution in [1.29, 1.82) is 21.6 Å². The van der Waals surface area contributed by atoms with Gasteiger partial charge < -0.3 is 71.3 Å². The molecule has 4 saturated heterocycles. The molecule has 20 heteroatoms. The second-order valence-corrected chi connectivity index (χ2v) is 25.1. The minimum Gasteiger partial charge on any atom is -1.00 e. The van der Waals surface area contributed by atoms with Crippen LogP contribution in [0.15, 0.2) is 218 Å². The fourth-order valence-corrected chi connectivity index (χ4v) is 12.8. The number of hydrogen-bond donors (Lipinski definition) is 4. The van der Waals surface area contributed by atoms with Crippen LogP contribution < -0.4 is 49.6 Å². The molecule has 88 heavy (non-hydrogen) atoms. The molecule has 0 aromatic heterocycles. The van der Waals surface area contributed by atoms with Crippen molar-refractivity contribution in [3.8, 4) is 0 Å². The minimum absolute atomic E-state index is 0. The Hall–Kier alpha value is -3.05. The maximum Gasteiger partial charge on any atom is 2.00 e. The van der Waals surface area contributed by atoms with E-state index in [0.29, 0.717) is 22.8 Å². The van der Waals surface area contributed by atoms with E-state index in [1.165, 1.54) is 51.4 Å². The predicted molar refractivity (Wildman–Crippen MR) is 339 cm³/mol. The second kappa shape index (κ2) is 56.7. The third-order valence-electron chi connectivity index (χ3n) is 12.1. The van der Waals surface area contributed by atoms with Crippen LogP contribution in [0.1, 0.15) is 95.9 Å². The van der Waals surface area contributed by atoms with Crippen LogP contribution in [-0.4, -0.2) is 85.7 Å². The molecule has 0 aliphatic carbocycles. The van der Waals surface area contributed by atoms with Crippen LogP contribution >= 0.6 is 0 Å². The van der Waals surface area contributed by atoms with Crippen LogP contribution in [0.25, 0.3) is 0 Å². The van der Waals surface area contributed by atoms with E-state index in [4.69, 9.17) is 21.6 Å². The van der Waals surface area contributed by atoms with Gasteiger partial charge in [0.15, 0.2) is 0 Å². The Morgan fingerprint density at radius 1 is 0.250 bits per heavy atom. The predicted octanol–water partition coefficient (Wildman–Crippen LogP) is 1.73. The van der Waals surface area contributed by atoms with Crippen molar-refractivity contribution in [1.82, 2.24) is 0 Å². The molecule has 0 unspecified atom stereocenters. The zero-order chi connectivity index (χ0) is 56.8. The maximum absolute atomic E-state index is 10.4. The number of nitrogens with one attached hydrogen (secondary N) is 4. The number of rotatable bonds is 8. The summed E-state index contributed by atoms with van der Waals surface area (Å²) in [7, 11) is -1.69. The summed E-state index contributed by atoms with van der Waals surface area (Å²) in [5.41, 5.74) is 9.11. The van der Waals surface area contributed by atoms with E-state index in [1.807, 2.05) is 218 Å². The van der Waals surface area contributed by atoms with Gasteiger partial charge in [-0.05, 0) is 96.5 Å². The van der Waals surface area contributed by atoms with Gasteiger partial charge in [-0.15, -0.1) is 144 Å². The average Bonchev–Trinajstić information content (AvgIpc) is 4.55. The van der Waals surface area contributed by atoms with Gasteiger partial charge in [-0.2, -0.15) is 0 Å². The Bertz CT molecular complexity index is 2540. The summed E-state index contributed by atoms with van der Waals surface area (Å²) in [5.74, 6) is 7.67. The Kier molecular flexibility index (Phi) is 58.9. The standard InChI is InChI=1S/4C13H10N.4C4H8OS.4ClH.4Pt/c4*14-13(11-7-3-1-4-8-11)12-9-5-2-6-10-12;4*5-6-3-1-2-4-6;;;;;;;;/h4*1-9,14H;4*1-4H2;4*1H;;;;/q4*-1;;;;;;;;;4*+2/p-4. The summed E-state index contributed by atoms with van der Waals surface area (Å²) < 4.78 is 41.4. The zero-order valence-corrected chi connectivity index (χ0v) is 63.5. The van der Waals surface area contributed by atoms with E-state index in [0.717, 1.165) is 90.5 Å². The third kappa shape index (κ3) is 38.1. The molecule has 0 bridgehead atoms. The third-order valence-corrected chi connectivity index (χ3v) is 18.1. The molecule has 0 amide bonds. The molecule has 8 nitrogen and oxygen atoms in total. The van der Waals surface area contributed by atoms with E-state index in [9.17, 15) is 16.8 Å². The van der Waals surface area contributed by atoms with Crippen molar-refractivity contribution >= 4 is 66.0 Å². The Morgan fingerprint density at radius 2 is 0.398 bits per heavy atom. The summed E-state index contributed by atoms with van der Waals surface area (Å²) in [6.07, 6.45) is 9.50. The molecular weight excluding hydrogens is 1990 g/mol. The van der Waals surface area contributed by atoms with Gasteiger partial charge in [-0.3, -0.25) is 16.8 Å². The van der Waals surface area contributed by atoms with Crippen LogP contribution in [0.4, 0.5) is 0 Å². The van der Waals surface area contributed by atoms with Crippen LogP contribution in [0.3, 0.4) is 0 Å². The summed E-state index contributed by atoms with van der Waals surface area (Å²) in [6.45, 7) is 0. The molecule has 4 fully saturated rings. The Labute approximate surface area is 616 Å². The molecule has 0 atom stereocenters. The van der Waals surface area contributed by atoms with Gasteiger partial charge in [0, 0.05) is 89.2 Å². The molecule has 0 spiro atoms. The van der Waals surface area contributed by atoms with Crippen molar-refractivity contribution in [2.45, 2.75) is 51.4 Å². The van der Waals surface area contributed by atoms with Crippen molar-refractivity contribution < 1.29 is 151 Å². The molecule has 8 aromatic rings. The fraction of sp³-hybridized carbons (Fsp3) is 0.235. The van der Waals surface area contributed by atoms with Crippen LogP contribution in [0.5, 0.6) is 0 Å². The maximum atomic E-state index is 10.4. The summed E-state index contributed by atoms with van der Waals surface area (Å²) in [5, 5.41) is 31.8. The first kappa shape index (κ1) is 91.4. The average molecular weight is 2060 g/mol. The van der Waals surface area contributed by atoms with Gasteiger partial charge in [0.25, 0.3) is 0 Å². The second-order valence-electron chi connectivity index (χ2n) is 18.3. The molecule has 4 aliphatic heterocycles. The smallest absolute Gasteiger partial charge is 1.00 e. The van der Waals surface area contributed by atoms with Crippen LogP contribution in [0.2, 0.25) is 0 Å². The summed E-state index contributed by atoms with van der Waals surface area (Å²) in [4.78, 5) is 0. The monoisotopic (exact) mass is 2060 g/mol. The molecular formula is C68H72Cl4N4O4Pt4S4. The van der Waals surface area contributed by atoms with E-state index in [-0.39, 0.29) is 134 Å². The molecule has 12 rings (SSSR count). The largest absolute Gasteiger partial charge is 2.00 e. The van der Waals surface area contributed by atoms with Crippen molar-refractivity contribution in [3.05, 3.63) is 287 Å². The molecule has 4 heterocycles. The molecule has 0 saturated carbocycles. The molecule has 480 valence electrons. The van der Waals surface area contributed by atoms with E-state index in [1.54, 1.807) is 0 Å². The topological polar surface area (TPSA) is 164 Å². The Morgan fingerprint density at radius 3 is 0.511 bits per heavy atom. The quantitative estimate of drug-likeness (QED) is 0.135. The SMILES string of the molecule is N=C(c1[c-]cccc1)c1ccccc1.N=C(c1[c-]cccc1)c1ccccc1.N=C(c1[c-]cccc1)c1ccccc1.N=C(c1[c-]cccc1)c1ccccc1.O=S1CCCC1.O=S1CCCC1.O=S1CCCC1.O=S1CCCC1.[Cl-].[Cl-].[Cl-].[Cl-].[Pt+2].[Pt+2].[Pt+2].[Pt+2]. The molecule has 4 N–H and O–H groups in total. The first-order chi connectivity index (χ1) is 39.1. The number of halogens is 4. The van der Waals surface area contributed by atoms with E-state index >= 15 is 0 Å². The zero-order valence-electron chi connectivity index (χ0n) is 48.1. The number of hydrogen-bond acceptors (Lipinski definition) is 8. The van der Waals surface area contributed by atoms with Gasteiger partial charge in [0.2, 0.25) is 0 Å². The van der Waals surface area contributed by atoms with Crippen molar-refractivity contribution in [2.75, 3.05) is 46.0 Å². The van der Waals surface area contributed by atoms with Gasteiger partial charge in [0.05, 0.1) is 0 Å². The summed E-state index contributed by atoms with van der Waals surface area (Å²) >= 11 is 0.